The summed E-state index contributed by atoms with van der Waals surface area (Å²) in [6, 6.07) is 3.41. The fourth-order valence-corrected chi connectivity index (χ4v) is 4.12. The Hall–Kier alpha value is -3.32. The topological polar surface area (TPSA) is 111 Å². The quantitative estimate of drug-likeness (QED) is 0.158. The van der Waals surface area contributed by atoms with Crippen LogP contribution in [0, 0.1) is 0 Å². The van der Waals surface area contributed by atoms with Crippen LogP contribution in [-0.2, 0) is 31.8 Å². The third-order valence-corrected chi connectivity index (χ3v) is 5.77. The summed E-state index contributed by atoms with van der Waals surface area (Å²) >= 11 is 0. The Balaban J connectivity index is 2.41. The van der Waals surface area contributed by atoms with Gasteiger partial charge in [0.2, 0.25) is 0 Å². The molecule has 40 heavy (non-hydrogen) atoms. The Morgan fingerprint density at radius 2 is 0.750 bits per heavy atom. The van der Waals surface area contributed by atoms with E-state index in [-0.39, 0.29) is 27.2 Å². The number of benzene rings is 2. The Morgan fingerprint density at radius 3 is 1.05 bits per heavy atom. The van der Waals surface area contributed by atoms with Gasteiger partial charge < -0.3 is 56.8 Å². The van der Waals surface area contributed by atoms with Crippen LogP contribution in [0.3, 0.4) is 0 Å². The van der Waals surface area contributed by atoms with Crippen LogP contribution in [-0.4, -0.2) is 84.1 Å². The van der Waals surface area contributed by atoms with Crippen molar-refractivity contribution in [1.82, 2.24) is 0 Å². The predicted octanol–water partition coefficient (Wildman–Crippen LogP) is 4.22. The first-order valence-corrected chi connectivity index (χ1v) is 12.6. The molecule has 0 spiro atoms. The van der Waals surface area contributed by atoms with Gasteiger partial charge in [0.05, 0.1) is 28.4 Å². The standard InChI is InChI=1S/C28H42O12/c1-29-15-37-23-13-21(33-5)27(39-17-31-3)19(25(23)35-7)11-9-10-12-20-26(36-8)24(38-16-30-2)14-22(34-6)28(20)40-18-32-4/h13-14H,9-12,15-18H2,1-8H3. The van der Waals surface area contributed by atoms with Crippen molar-refractivity contribution in [2.24, 2.45) is 0 Å². The molecule has 2 aromatic rings. The summed E-state index contributed by atoms with van der Waals surface area (Å²) in [6.45, 7) is 0.168. The SMILES string of the molecule is COCOc1cc(OC)c(OCOC)c(CCCCc2c(OC)c(OCOC)cc(OC)c2OCOC)c1OC. The molecule has 0 radical (unpaired) electrons. The zero-order chi connectivity index (χ0) is 29.3. The summed E-state index contributed by atoms with van der Waals surface area (Å²) < 4.78 is 66.4. The smallest absolute Gasteiger partial charge is 0.188 e. The van der Waals surface area contributed by atoms with E-state index >= 15 is 0 Å². The van der Waals surface area contributed by atoms with Gasteiger partial charge in [0.15, 0.2) is 73.2 Å². The molecule has 0 aromatic heterocycles. The first kappa shape index (κ1) is 32.9. The Labute approximate surface area is 236 Å². The summed E-state index contributed by atoms with van der Waals surface area (Å²) in [7, 11) is 12.5. The van der Waals surface area contributed by atoms with Crippen LogP contribution in [0.5, 0.6) is 46.0 Å². The molecule has 0 atom stereocenters. The molecule has 0 aliphatic carbocycles. The van der Waals surface area contributed by atoms with Crippen molar-refractivity contribution in [3.05, 3.63) is 23.3 Å². The van der Waals surface area contributed by atoms with E-state index in [2.05, 4.69) is 0 Å². The largest absolute Gasteiger partial charge is 0.493 e. The summed E-state index contributed by atoms with van der Waals surface area (Å²) in [6.07, 6.45) is 2.62. The first-order chi connectivity index (χ1) is 19.5. The molecule has 0 aliphatic heterocycles. The van der Waals surface area contributed by atoms with Gasteiger partial charge in [-0.15, -0.1) is 0 Å². The number of hydrogen-bond donors (Lipinski definition) is 0. The van der Waals surface area contributed by atoms with E-state index in [1.807, 2.05) is 0 Å². The van der Waals surface area contributed by atoms with Crippen molar-refractivity contribution in [2.45, 2.75) is 25.7 Å². The lowest BCUT2D eigenvalue weighted by atomic mass is 9.99. The molecule has 0 saturated carbocycles. The van der Waals surface area contributed by atoms with Gasteiger partial charge in [-0.1, -0.05) is 0 Å². The summed E-state index contributed by atoms with van der Waals surface area (Å²) in [4.78, 5) is 0. The van der Waals surface area contributed by atoms with Gasteiger partial charge in [-0.2, -0.15) is 0 Å². The zero-order valence-corrected chi connectivity index (χ0v) is 24.7. The van der Waals surface area contributed by atoms with Crippen molar-refractivity contribution in [1.29, 1.82) is 0 Å². The minimum atomic E-state index is 0.0379. The van der Waals surface area contributed by atoms with E-state index in [4.69, 9.17) is 56.8 Å². The molecule has 0 heterocycles. The maximum atomic E-state index is 5.90. The van der Waals surface area contributed by atoms with Gasteiger partial charge >= 0.3 is 0 Å². The second-order valence-corrected chi connectivity index (χ2v) is 8.25. The molecule has 2 aromatic carbocycles. The molecular weight excluding hydrogens is 528 g/mol. The van der Waals surface area contributed by atoms with Crippen molar-refractivity contribution in [3.8, 4) is 46.0 Å². The molecule has 12 heteroatoms. The number of methoxy groups -OCH3 is 8. The van der Waals surface area contributed by atoms with E-state index in [1.165, 1.54) is 0 Å². The molecule has 2 rings (SSSR count). The Kier molecular flexibility index (Phi) is 14.9. The number of hydrogen-bond acceptors (Lipinski definition) is 12. The van der Waals surface area contributed by atoms with Crippen LogP contribution in [0.1, 0.15) is 24.0 Å². The molecule has 0 amide bonds. The van der Waals surface area contributed by atoms with Gasteiger partial charge in [0.1, 0.15) is 0 Å². The van der Waals surface area contributed by atoms with Crippen molar-refractivity contribution in [2.75, 3.05) is 84.1 Å². The number of ether oxygens (including phenoxy) is 12. The van der Waals surface area contributed by atoms with Crippen LogP contribution >= 0.6 is 0 Å². The van der Waals surface area contributed by atoms with E-state index in [9.17, 15) is 0 Å². The predicted molar refractivity (Wildman–Crippen MR) is 146 cm³/mol. The molecule has 0 saturated heterocycles. The molecule has 0 unspecified atom stereocenters. The minimum Gasteiger partial charge on any atom is -0.493 e. The van der Waals surface area contributed by atoms with Crippen LogP contribution in [0.4, 0.5) is 0 Å². The lowest BCUT2D eigenvalue weighted by Crippen LogP contribution is -2.09. The lowest BCUT2D eigenvalue weighted by Gasteiger charge is -2.21. The fraction of sp³-hybridized carbons (Fsp3) is 0.571. The first-order valence-electron chi connectivity index (χ1n) is 12.6. The second-order valence-electron chi connectivity index (χ2n) is 8.25. The molecule has 12 nitrogen and oxygen atoms in total. The fourth-order valence-electron chi connectivity index (χ4n) is 4.12. The van der Waals surface area contributed by atoms with Crippen LogP contribution < -0.4 is 37.9 Å². The molecule has 226 valence electrons. The van der Waals surface area contributed by atoms with Crippen molar-refractivity contribution < 1.29 is 56.8 Å². The van der Waals surface area contributed by atoms with Gasteiger partial charge in [-0.05, 0) is 25.7 Å². The number of rotatable bonds is 21. The van der Waals surface area contributed by atoms with E-state index in [0.29, 0.717) is 58.8 Å². The van der Waals surface area contributed by atoms with E-state index in [0.717, 1.165) is 24.0 Å². The van der Waals surface area contributed by atoms with Crippen molar-refractivity contribution in [3.63, 3.8) is 0 Å². The van der Waals surface area contributed by atoms with Gasteiger partial charge in [-0.3, -0.25) is 0 Å². The number of unbranched alkanes of at least 4 members (excludes halogenated alkanes) is 1. The molecule has 0 N–H and O–H groups in total. The lowest BCUT2D eigenvalue weighted by molar-refractivity contribution is 0.0443. The molecule has 0 fully saturated rings. The third kappa shape index (κ3) is 8.59. The monoisotopic (exact) mass is 570 g/mol. The summed E-state index contributed by atoms with van der Waals surface area (Å²) in [5.74, 6) is 4.03. The summed E-state index contributed by atoms with van der Waals surface area (Å²) in [5.41, 5.74) is 1.56. The maximum absolute atomic E-state index is 5.90. The van der Waals surface area contributed by atoms with Crippen LogP contribution in [0.25, 0.3) is 0 Å². The molecule has 0 aliphatic rings. The van der Waals surface area contributed by atoms with Crippen molar-refractivity contribution >= 4 is 0 Å². The zero-order valence-electron chi connectivity index (χ0n) is 24.7. The second kappa shape index (κ2) is 18.1. The summed E-state index contributed by atoms with van der Waals surface area (Å²) in [5, 5.41) is 0. The third-order valence-electron chi connectivity index (χ3n) is 5.77. The van der Waals surface area contributed by atoms with Gasteiger partial charge in [-0.25, -0.2) is 0 Å². The average molecular weight is 571 g/mol. The van der Waals surface area contributed by atoms with Crippen LogP contribution in [0.15, 0.2) is 12.1 Å². The maximum Gasteiger partial charge on any atom is 0.188 e. The van der Waals surface area contributed by atoms with Gasteiger partial charge in [0, 0.05) is 51.7 Å². The normalized spacial score (nSPS) is 10.7. The average Bonchev–Trinajstić information content (AvgIpc) is 2.98. The minimum absolute atomic E-state index is 0.0379. The highest BCUT2D eigenvalue weighted by Crippen LogP contribution is 2.47. The highest BCUT2D eigenvalue weighted by molar-refractivity contribution is 5.62. The van der Waals surface area contributed by atoms with E-state index in [1.54, 1.807) is 69.0 Å². The van der Waals surface area contributed by atoms with E-state index < -0.39 is 0 Å². The Morgan fingerprint density at radius 1 is 0.400 bits per heavy atom. The molecular formula is C28H42O12. The Bertz CT molecular complexity index is 946. The highest BCUT2D eigenvalue weighted by atomic mass is 16.7. The van der Waals surface area contributed by atoms with Crippen LogP contribution in [0.2, 0.25) is 0 Å². The molecule has 0 bridgehead atoms. The highest BCUT2D eigenvalue weighted by Gasteiger charge is 2.24. The van der Waals surface area contributed by atoms with Gasteiger partial charge in [0.25, 0.3) is 0 Å².